The number of anilines is 1. The van der Waals surface area contributed by atoms with E-state index in [2.05, 4.69) is 27.9 Å². The molecule has 9 heteroatoms. The fourth-order valence-corrected chi connectivity index (χ4v) is 5.31. The normalized spacial score (nSPS) is 17.9. The van der Waals surface area contributed by atoms with Crippen molar-refractivity contribution in [1.82, 2.24) is 19.5 Å². The van der Waals surface area contributed by atoms with Gasteiger partial charge in [-0.05, 0) is 50.6 Å². The molecule has 0 aliphatic carbocycles. The average molecular weight is 533 g/mol. The van der Waals surface area contributed by atoms with Crippen LogP contribution in [0.3, 0.4) is 0 Å². The number of rotatable bonds is 5. The highest BCUT2D eigenvalue weighted by Gasteiger charge is 2.47. The number of piperidine rings is 1. The fourth-order valence-electron chi connectivity index (χ4n) is 5.31. The number of nitrogens with zero attached hydrogens (tertiary/aromatic N) is 6. The molecule has 4 aromatic rings. The zero-order valence-electron chi connectivity index (χ0n) is 22.3. The van der Waals surface area contributed by atoms with E-state index in [9.17, 15) is 15.2 Å². The molecule has 3 saturated heterocycles. The number of benzene rings is 1. The second-order valence-electron chi connectivity index (χ2n) is 10.8. The molecule has 1 aromatic carbocycles. The predicted molar refractivity (Wildman–Crippen MR) is 150 cm³/mol. The third-order valence-corrected chi connectivity index (χ3v) is 7.20. The van der Waals surface area contributed by atoms with E-state index in [1.54, 1.807) is 30.8 Å². The lowest BCUT2D eigenvalue weighted by Gasteiger charge is -2.55. The topological polar surface area (TPSA) is 107 Å². The van der Waals surface area contributed by atoms with Gasteiger partial charge in [-0.1, -0.05) is 24.1 Å². The minimum atomic E-state index is -0.996. The fraction of sp³-hybridized carbons (Fsp3) is 0.290. The van der Waals surface area contributed by atoms with Gasteiger partial charge in [-0.25, -0.2) is 9.50 Å². The summed E-state index contributed by atoms with van der Waals surface area (Å²) >= 11 is 0. The minimum absolute atomic E-state index is 0.107. The van der Waals surface area contributed by atoms with Gasteiger partial charge >= 0.3 is 0 Å². The molecule has 2 unspecified atom stereocenters. The molecule has 3 aliphatic heterocycles. The maximum Gasteiger partial charge on any atom is 0.299 e. The summed E-state index contributed by atoms with van der Waals surface area (Å²) in [4.78, 5) is 21.6. The van der Waals surface area contributed by atoms with Gasteiger partial charge in [-0.2, -0.15) is 10.4 Å². The summed E-state index contributed by atoms with van der Waals surface area (Å²) in [7, 11) is 0. The van der Waals surface area contributed by atoms with Gasteiger partial charge in [0.05, 0.1) is 41.2 Å². The van der Waals surface area contributed by atoms with E-state index in [1.807, 2.05) is 53.4 Å². The Kier molecular flexibility index (Phi) is 6.37. The molecule has 2 atom stereocenters. The molecule has 1 N–H and O–H groups in total. The standard InChI is InChI=1S/C31H28N6O3/c1-31(2,39)20-40-26-13-27(30-23(14-32)16-34-36(30)19-26)22-9-10-28(33-15-22)35-17-24-12-25(18-35)37(24)29(38)11-8-21-6-4-3-5-7-21/h3-7,9-10,13,15-16,19,24-25,39H,12,17-18,20H2,1-2H3. The number of carbonyl (C=O) groups is 1. The number of pyridine rings is 2. The summed E-state index contributed by atoms with van der Waals surface area (Å²) in [6.07, 6.45) is 5.98. The van der Waals surface area contributed by atoms with Crippen molar-refractivity contribution in [2.45, 2.75) is 38.0 Å². The van der Waals surface area contributed by atoms with Gasteiger partial charge in [0.15, 0.2) is 0 Å². The van der Waals surface area contributed by atoms with Crippen LogP contribution in [0.5, 0.6) is 5.75 Å². The van der Waals surface area contributed by atoms with Crippen LogP contribution in [0.15, 0.2) is 67.1 Å². The van der Waals surface area contributed by atoms with Gasteiger partial charge in [0.1, 0.15) is 24.2 Å². The maximum absolute atomic E-state index is 12.8. The van der Waals surface area contributed by atoms with E-state index in [0.717, 1.165) is 28.9 Å². The van der Waals surface area contributed by atoms with Crippen LogP contribution >= 0.6 is 0 Å². The van der Waals surface area contributed by atoms with E-state index >= 15 is 0 Å². The number of aromatic nitrogens is 3. The third kappa shape index (κ3) is 4.95. The summed E-state index contributed by atoms with van der Waals surface area (Å²) in [5.41, 5.74) is 2.52. The number of hydrogen-bond donors (Lipinski definition) is 1. The van der Waals surface area contributed by atoms with Crippen molar-refractivity contribution in [1.29, 1.82) is 5.26 Å². The molecule has 3 aromatic heterocycles. The number of hydrogen-bond acceptors (Lipinski definition) is 7. The van der Waals surface area contributed by atoms with E-state index in [4.69, 9.17) is 9.72 Å². The molecule has 0 saturated carbocycles. The van der Waals surface area contributed by atoms with Gasteiger partial charge in [0.25, 0.3) is 5.91 Å². The Morgan fingerprint density at radius 1 is 1.15 bits per heavy atom. The Hall–Kier alpha value is -4.86. The molecular weight excluding hydrogens is 504 g/mol. The highest BCUT2D eigenvalue weighted by molar-refractivity contribution is 5.95. The highest BCUT2D eigenvalue weighted by Crippen LogP contribution is 2.35. The average Bonchev–Trinajstić information content (AvgIpc) is 3.38. The number of nitriles is 1. The smallest absolute Gasteiger partial charge is 0.299 e. The summed E-state index contributed by atoms with van der Waals surface area (Å²) in [6.45, 7) is 4.86. The monoisotopic (exact) mass is 532 g/mol. The van der Waals surface area contributed by atoms with Gasteiger partial charge in [0, 0.05) is 41.9 Å². The van der Waals surface area contributed by atoms with Crippen LogP contribution < -0.4 is 9.64 Å². The van der Waals surface area contributed by atoms with Crippen LogP contribution in [-0.4, -0.2) is 67.9 Å². The number of amides is 1. The van der Waals surface area contributed by atoms with Gasteiger partial charge < -0.3 is 19.6 Å². The molecule has 1 amide bonds. The first-order valence-electron chi connectivity index (χ1n) is 13.2. The number of ether oxygens (including phenoxy) is 1. The number of carbonyl (C=O) groups excluding carboxylic acids is 1. The molecule has 200 valence electrons. The third-order valence-electron chi connectivity index (χ3n) is 7.20. The summed E-state index contributed by atoms with van der Waals surface area (Å²) in [5, 5.41) is 24.0. The largest absolute Gasteiger partial charge is 0.489 e. The molecule has 6 heterocycles. The molecule has 3 fully saturated rings. The van der Waals surface area contributed by atoms with Crippen molar-refractivity contribution in [2.75, 3.05) is 24.6 Å². The van der Waals surface area contributed by atoms with E-state index < -0.39 is 5.60 Å². The van der Waals surface area contributed by atoms with Crippen molar-refractivity contribution in [3.63, 3.8) is 0 Å². The van der Waals surface area contributed by atoms with Crippen LogP contribution in [0.2, 0.25) is 0 Å². The summed E-state index contributed by atoms with van der Waals surface area (Å²) < 4.78 is 7.44. The maximum atomic E-state index is 12.8. The molecule has 9 nitrogen and oxygen atoms in total. The molecule has 7 rings (SSSR count). The van der Waals surface area contributed by atoms with E-state index in [1.165, 1.54) is 6.20 Å². The zero-order chi connectivity index (χ0) is 27.9. The van der Waals surface area contributed by atoms with Crippen LogP contribution in [0.25, 0.3) is 16.6 Å². The lowest BCUT2D eigenvalue weighted by molar-refractivity contribution is -0.139. The highest BCUT2D eigenvalue weighted by atomic mass is 16.5. The molecule has 0 radical (unpaired) electrons. The van der Waals surface area contributed by atoms with Gasteiger partial charge in [-0.15, -0.1) is 0 Å². The molecule has 2 bridgehead atoms. The van der Waals surface area contributed by atoms with Crippen molar-refractivity contribution in [2.24, 2.45) is 0 Å². The molecule has 40 heavy (non-hydrogen) atoms. The van der Waals surface area contributed by atoms with Crippen LogP contribution in [0, 0.1) is 23.2 Å². The first kappa shape index (κ1) is 25.4. The van der Waals surface area contributed by atoms with Crippen LogP contribution in [0.4, 0.5) is 5.82 Å². The molecule has 0 spiro atoms. The Morgan fingerprint density at radius 2 is 1.93 bits per heavy atom. The van der Waals surface area contributed by atoms with Crippen molar-refractivity contribution >= 4 is 17.2 Å². The molecule has 3 aliphatic rings. The predicted octanol–water partition coefficient (Wildman–Crippen LogP) is 3.26. The minimum Gasteiger partial charge on any atom is -0.489 e. The Balaban J connectivity index is 1.20. The van der Waals surface area contributed by atoms with Crippen molar-refractivity contribution < 1.29 is 14.6 Å². The lowest BCUT2D eigenvalue weighted by Crippen LogP contribution is -2.70. The number of aliphatic hydroxyl groups is 1. The van der Waals surface area contributed by atoms with Gasteiger partial charge in [-0.3, -0.25) is 4.79 Å². The second-order valence-corrected chi connectivity index (χ2v) is 10.8. The SMILES string of the molecule is CC(C)(O)COc1cc(-c2ccc(N3CC4CC(C3)N4C(=O)C#Cc3ccccc3)nc2)c2c(C#N)cnn2c1. The Morgan fingerprint density at radius 3 is 2.60 bits per heavy atom. The Bertz CT molecular complexity index is 1660. The quantitative estimate of drug-likeness (QED) is 0.393. The molecular formula is C31H28N6O3. The lowest BCUT2D eigenvalue weighted by atomic mass is 9.87. The van der Waals surface area contributed by atoms with E-state index in [-0.39, 0.29) is 24.6 Å². The number of piperazine rings is 1. The second kappa shape index (κ2) is 10.0. The summed E-state index contributed by atoms with van der Waals surface area (Å²) in [5.74, 6) is 7.00. The number of fused-ring (bicyclic) bond motifs is 3. The van der Waals surface area contributed by atoms with Crippen molar-refractivity contribution in [3.8, 4) is 34.8 Å². The Labute approximate surface area is 232 Å². The first-order chi connectivity index (χ1) is 19.3. The van der Waals surface area contributed by atoms with Gasteiger partial charge in [0.2, 0.25) is 0 Å². The van der Waals surface area contributed by atoms with Crippen LogP contribution in [-0.2, 0) is 4.79 Å². The zero-order valence-corrected chi connectivity index (χ0v) is 22.3. The van der Waals surface area contributed by atoms with Crippen LogP contribution in [0.1, 0.15) is 31.4 Å². The van der Waals surface area contributed by atoms with E-state index in [0.29, 0.717) is 29.9 Å². The summed E-state index contributed by atoms with van der Waals surface area (Å²) in [6, 6.07) is 17.8. The van der Waals surface area contributed by atoms with Crippen molar-refractivity contribution in [3.05, 3.63) is 78.2 Å². The first-order valence-corrected chi connectivity index (χ1v) is 13.2.